The van der Waals surface area contributed by atoms with Gasteiger partial charge in [-0.1, -0.05) is 6.92 Å². The van der Waals surface area contributed by atoms with Crippen LogP contribution in [0.3, 0.4) is 0 Å². The van der Waals surface area contributed by atoms with Crippen LogP contribution in [-0.4, -0.2) is 44.2 Å². The molecule has 0 aliphatic carbocycles. The molecule has 0 aromatic carbocycles. The lowest BCUT2D eigenvalue weighted by atomic mass is 10.2. The summed E-state index contributed by atoms with van der Waals surface area (Å²) in [6.45, 7) is 4.93. The second-order valence-electron chi connectivity index (χ2n) is 3.56. The van der Waals surface area contributed by atoms with Crippen molar-refractivity contribution >= 4 is 11.8 Å². The molecule has 0 fully saturated rings. The van der Waals surface area contributed by atoms with E-state index in [9.17, 15) is 9.59 Å². The Bertz CT molecular complexity index is 221. The number of nitrogens with two attached hydrogens (primary N) is 1. The van der Waals surface area contributed by atoms with Gasteiger partial charge in [-0.05, 0) is 13.3 Å². The molecule has 16 heavy (non-hydrogen) atoms. The minimum Gasteiger partial charge on any atom is -0.370 e. The Balaban J connectivity index is 3.33. The predicted molar refractivity (Wildman–Crippen MR) is 60.8 cm³/mol. The SMILES string of the molecule is CCC(C)NCC(=O)NCCOCC(N)=O. The third-order valence-electron chi connectivity index (χ3n) is 2.04. The summed E-state index contributed by atoms with van der Waals surface area (Å²) in [5, 5.41) is 5.72. The number of hydrogen-bond acceptors (Lipinski definition) is 4. The van der Waals surface area contributed by atoms with Crippen molar-refractivity contribution in [1.29, 1.82) is 0 Å². The molecule has 94 valence electrons. The highest BCUT2D eigenvalue weighted by Gasteiger charge is 2.03. The van der Waals surface area contributed by atoms with Gasteiger partial charge < -0.3 is 21.1 Å². The average molecular weight is 231 g/mol. The van der Waals surface area contributed by atoms with Gasteiger partial charge in [0.2, 0.25) is 11.8 Å². The summed E-state index contributed by atoms with van der Waals surface area (Å²) in [5.74, 6) is -0.590. The maximum absolute atomic E-state index is 11.2. The zero-order chi connectivity index (χ0) is 12.4. The van der Waals surface area contributed by atoms with Gasteiger partial charge in [0.15, 0.2) is 0 Å². The number of nitrogens with one attached hydrogen (secondary N) is 2. The largest absolute Gasteiger partial charge is 0.370 e. The molecule has 6 heteroatoms. The van der Waals surface area contributed by atoms with E-state index >= 15 is 0 Å². The molecule has 6 nitrogen and oxygen atoms in total. The predicted octanol–water partition coefficient (Wildman–Crippen LogP) is -1.01. The number of carbonyl (C=O) groups is 2. The van der Waals surface area contributed by atoms with Crippen LogP contribution in [0.25, 0.3) is 0 Å². The summed E-state index contributed by atoms with van der Waals surface area (Å²) in [7, 11) is 0. The van der Waals surface area contributed by atoms with Gasteiger partial charge in [-0.15, -0.1) is 0 Å². The second kappa shape index (κ2) is 9.11. The van der Waals surface area contributed by atoms with E-state index in [4.69, 9.17) is 10.5 Å². The smallest absolute Gasteiger partial charge is 0.243 e. The molecule has 0 aromatic heterocycles. The van der Waals surface area contributed by atoms with Gasteiger partial charge in [-0.2, -0.15) is 0 Å². The van der Waals surface area contributed by atoms with Crippen LogP contribution in [0, 0.1) is 0 Å². The van der Waals surface area contributed by atoms with E-state index in [1.54, 1.807) is 0 Å². The Morgan fingerprint density at radius 3 is 2.69 bits per heavy atom. The zero-order valence-electron chi connectivity index (χ0n) is 9.91. The number of ether oxygens (including phenoxy) is 1. The molecule has 1 unspecified atom stereocenters. The molecule has 0 spiro atoms. The fourth-order valence-electron chi connectivity index (χ4n) is 0.909. The maximum atomic E-state index is 11.2. The molecule has 1 atom stereocenters. The van der Waals surface area contributed by atoms with Crippen molar-refractivity contribution in [3.05, 3.63) is 0 Å². The first-order valence-electron chi connectivity index (χ1n) is 5.42. The molecule has 4 N–H and O–H groups in total. The van der Waals surface area contributed by atoms with Gasteiger partial charge in [-0.3, -0.25) is 9.59 Å². The molecule has 0 radical (unpaired) electrons. The number of carbonyl (C=O) groups excluding carboxylic acids is 2. The highest BCUT2D eigenvalue weighted by Crippen LogP contribution is 1.85. The molecule has 0 aliphatic rings. The molecule has 0 saturated heterocycles. The number of primary amides is 1. The van der Waals surface area contributed by atoms with Crippen LogP contribution in [0.2, 0.25) is 0 Å². The van der Waals surface area contributed by atoms with Crippen LogP contribution in [-0.2, 0) is 14.3 Å². The van der Waals surface area contributed by atoms with Crippen molar-refractivity contribution in [3.63, 3.8) is 0 Å². The van der Waals surface area contributed by atoms with E-state index in [2.05, 4.69) is 10.6 Å². The monoisotopic (exact) mass is 231 g/mol. The molecule has 0 rings (SSSR count). The van der Waals surface area contributed by atoms with Gasteiger partial charge in [0.25, 0.3) is 0 Å². The standard InChI is InChI=1S/C10H21N3O3/c1-3-8(2)13-6-10(15)12-4-5-16-7-9(11)14/h8,13H,3-7H2,1-2H3,(H2,11,14)(H,12,15). The first-order chi connectivity index (χ1) is 7.56. The Kier molecular flexibility index (Phi) is 8.46. The Morgan fingerprint density at radius 2 is 2.12 bits per heavy atom. The quantitative estimate of drug-likeness (QED) is 0.443. The molecule has 0 bridgehead atoms. The summed E-state index contributed by atoms with van der Waals surface area (Å²) in [4.78, 5) is 21.5. The van der Waals surface area contributed by atoms with Gasteiger partial charge in [-0.25, -0.2) is 0 Å². The van der Waals surface area contributed by atoms with Crippen molar-refractivity contribution in [3.8, 4) is 0 Å². The maximum Gasteiger partial charge on any atom is 0.243 e. The van der Waals surface area contributed by atoms with E-state index in [0.29, 0.717) is 19.1 Å². The van der Waals surface area contributed by atoms with Gasteiger partial charge in [0.1, 0.15) is 6.61 Å². The van der Waals surface area contributed by atoms with Crippen LogP contribution in [0.1, 0.15) is 20.3 Å². The number of amides is 2. The van der Waals surface area contributed by atoms with Crippen LogP contribution in [0.4, 0.5) is 0 Å². The van der Waals surface area contributed by atoms with E-state index in [-0.39, 0.29) is 19.1 Å². The Hall–Kier alpha value is -1.14. The number of hydrogen-bond donors (Lipinski definition) is 3. The van der Waals surface area contributed by atoms with E-state index in [0.717, 1.165) is 6.42 Å². The van der Waals surface area contributed by atoms with Gasteiger partial charge >= 0.3 is 0 Å². The fraction of sp³-hybridized carbons (Fsp3) is 0.800. The van der Waals surface area contributed by atoms with Gasteiger partial charge in [0, 0.05) is 12.6 Å². The lowest BCUT2D eigenvalue weighted by Crippen LogP contribution is -2.39. The lowest BCUT2D eigenvalue weighted by Gasteiger charge is -2.11. The zero-order valence-corrected chi connectivity index (χ0v) is 9.91. The fourth-order valence-corrected chi connectivity index (χ4v) is 0.909. The first kappa shape index (κ1) is 14.9. The molecular formula is C10H21N3O3. The minimum atomic E-state index is -0.509. The molecule has 0 aromatic rings. The average Bonchev–Trinajstić information content (AvgIpc) is 2.24. The number of rotatable bonds is 9. The van der Waals surface area contributed by atoms with Crippen molar-refractivity contribution in [2.24, 2.45) is 5.73 Å². The Morgan fingerprint density at radius 1 is 1.44 bits per heavy atom. The molecular weight excluding hydrogens is 210 g/mol. The molecule has 2 amide bonds. The lowest BCUT2D eigenvalue weighted by molar-refractivity contribution is -0.122. The Labute approximate surface area is 95.9 Å². The second-order valence-corrected chi connectivity index (χ2v) is 3.56. The topological polar surface area (TPSA) is 93.4 Å². The van der Waals surface area contributed by atoms with Crippen LogP contribution >= 0.6 is 0 Å². The van der Waals surface area contributed by atoms with E-state index < -0.39 is 5.91 Å². The van der Waals surface area contributed by atoms with Crippen molar-refractivity contribution < 1.29 is 14.3 Å². The van der Waals surface area contributed by atoms with Gasteiger partial charge in [0.05, 0.1) is 13.2 Å². The van der Waals surface area contributed by atoms with Crippen molar-refractivity contribution in [1.82, 2.24) is 10.6 Å². The summed E-state index contributed by atoms with van der Waals surface area (Å²) in [5.41, 5.74) is 4.87. The summed E-state index contributed by atoms with van der Waals surface area (Å²) in [6.07, 6.45) is 0.981. The van der Waals surface area contributed by atoms with Crippen LogP contribution < -0.4 is 16.4 Å². The molecule has 0 aliphatic heterocycles. The van der Waals surface area contributed by atoms with Crippen LogP contribution in [0.15, 0.2) is 0 Å². The minimum absolute atomic E-state index is 0.0806. The van der Waals surface area contributed by atoms with Crippen LogP contribution in [0.5, 0.6) is 0 Å². The molecule has 0 heterocycles. The highest BCUT2D eigenvalue weighted by molar-refractivity contribution is 5.78. The third-order valence-corrected chi connectivity index (χ3v) is 2.04. The van der Waals surface area contributed by atoms with Crippen molar-refractivity contribution in [2.75, 3.05) is 26.3 Å². The summed E-state index contributed by atoms with van der Waals surface area (Å²) >= 11 is 0. The normalized spacial score (nSPS) is 12.1. The van der Waals surface area contributed by atoms with E-state index in [1.165, 1.54) is 0 Å². The van der Waals surface area contributed by atoms with Crippen molar-refractivity contribution in [2.45, 2.75) is 26.3 Å². The third kappa shape index (κ3) is 9.42. The highest BCUT2D eigenvalue weighted by atomic mass is 16.5. The van der Waals surface area contributed by atoms with E-state index in [1.807, 2.05) is 13.8 Å². The summed E-state index contributed by atoms with van der Waals surface area (Å²) in [6, 6.07) is 0.330. The first-order valence-corrected chi connectivity index (χ1v) is 5.42. The summed E-state index contributed by atoms with van der Waals surface area (Å²) < 4.78 is 4.88. The molecule has 0 saturated carbocycles.